The lowest BCUT2D eigenvalue weighted by Gasteiger charge is -2.35. The highest BCUT2D eigenvalue weighted by Gasteiger charge is 2.29. The molecule has 3 aromatic rings. The highest BCUT2D eigenvalue weighted by atomic mass is 16.2. The molecule has 5 rings (SSSR count). The van der Waals surface area contributed by atoms with Crippen LogP contribution in [0, 0.1) is 12.8 Å². The van der Waals surface area contributed by atoms with Gasteiger partial charge in [-0.25, -0.2) is 9.97 Å². The summed E-state index contributed by atoms with van der Waals surface area (Å²) in [6, 6.07) is 19.4. The first-order valence-electron chi connectivity index (χ1n) is 13.6. The van der Waals surface area contributed by atoms with Crippen LogP contribution in [0.15, 0.2) is 60.8 Å². The molecule has 1 aromatic heterocycles. The fraction of sp³-hybridized carbons (Fsp3) is 0.452. The van der Waals surface area contributed by atoms with Gasteiger partial charge in [0, 0.05) is 37.9 Å². The summed E-state index contributed by atoms with van der Waals surface area (Å²) >= 11 is 0. The average molecular weight is 483 g/mol. The number of nitrogens with zero attached hydrogens (tertiary/aromatic N) is 4. The van der Waals surface area contributed by atoms with Gasteiger partial charge in [-0.15, -0.1) is 0 Å². The van der Waals surface area contributed by atoms with E-state index in [0.717, 1.165) is 56.6 Å². The Balaban J connectivity index is 1.40. The van der Waals surface area contributed by atoms with Gasteiger partial charge in [0.2, 0.25) is 0 Å². The molecule has 1 aliphatic carbocycles. The standard InChI is InChI=1S/C31H38N4O/c1-23-10-9-13-26(20-23)29-32-22-28(31(36)34(2)27-14-7-4-8-15-27)30(33-29)35-18-16-25(17-19-35)21-24-11-5-3-6-12-24/h3,5-6,9-13,20,22,25,27H,4,7-8,14-19,21H2,1-2H3. The van der Waals surface area contributed by atoms with Gasteiger partial charge in [-0.05, 0) is 56.6 Å². The third-order valence-electron chi connectivity index (χ3n) is 8.00. The molecule has 36 heavy (non-hydrogen) atoms. The van der Waals surface area contributed by atoms with Crippen LogP contribution in [-0.2, 0) is 6.42 Å². The first-order valence-corrected chi connectivity index (χ1v) is 13.6. The number of benzene rings is 2. The monoisotopic (exact) mass is 482 g/mol. The number of amides is 1. The number of carbonyl (C=O) groups is 1. The summed E-state index contributed by atoms with van der Waals surface area (Å²) in [6.45, 7) is 3.91. The van der Waals surface area contributed by atoms with Crippen LogP contribution in [0.4, 0.5) is 5.82 Å². The van der Waals surface area contributed by atoms with Crippen molar-refractivity contribution in [3.05, 3.63) is 77.5 Å². The van der Waals surface area contributed by atoms with E-state index in [1.165, 1.54) is 30.4 Å². The lowest BCUT2D eigenvalue weighted by molar-refractivity contribution is 0.0696. The first kappa shape index (κ1) is 24.5. The van der Waals surface area contributed by atoms with Crippen molar-refractivity contribution < 1.29 is 4.79 Å². The third-order valence-corrected chi connectivity index (χ3v) is 8.00. The number of hydrogen-bond donors (Lipinski definition) is 0. The van der Waals surface area contributed by atoms with Crippen molar-refractivity contribution in [3.8, 4) is 11.4 Å². The van der Waals surface area contributed by atoms with Crippen LogP contribution in [0.3, 0.4) is 0 Å². The molecule has 5 heteroatoms. The number of aryl methyl sites for hydroxylation is 1. The van der Waals surface area contributed by atoms with E-state index in [1.807, 2.05) is 24.1 Å². The summed E-state index contributed by atoms with van der Waals surface area (Å²) in [5.74, 6) is 2.20. The van der Waals surface area contributed by atoms with Crippen LogP contribution < -0.4 is 4.90 Å². The van der Waals surface area contributed by atoms with Crippen molar-refractivity contribution in [2.45, 2.75) is 64.3 Å². The maximum absolute atomic E-state index is 13.7. The molecule has 2 heterocycles. The highest BCUT2D eigenvalue weighted by Crippen LogP contribution is 2.31. The molecule has 1 saturated heterocycles. The summed E-state index contributed by atoms with van der Waals surface area (Å²) in [6.07, 6.45) is 10.9. The van der Waals surface area contributed by atoms with Crippen molar-refractivity contribution in [1.29, 1.82) is 0 Å². The van der Waals surface area contributed by atoms with E-state index in [4.69, 9.17) is 4.98 Å². The second kappa shape index (κ2) is 11.2. The maximum atomic E-state index is 13.7. The quantitative estimate of drug-likeness (QED) is 0.413. The van der Waals surface area contributed by atoms with E-state index in [-0.39, 0.29) is 5.91 Å². The molecule has 0 atom stereocenters. The molecule has 5 nitrogen and oxygen atoms in total. The second-order valence-corrected chi connectivity index (χ2v) is 10.6. The molecule has 1 saturated carbocycles. The summed E-state index contributed by atoms with van der Waals surface area (Å²) in [7, 11) is 1.96. The smallest absolute Gasteiger partial charge is 0.259 e. The van der Waals surface area contributed by atoms with Crippen LogP contribution in [0.25, 0.3) is 11.4 Å². The number of anilines is 1. The lowest BCUT2D eigenvalue weighted by atomic mass is 9.90. The number of aromatic nitrogens is 2. The van der Waals surface area contributed by atoms with Gasteiger partial charge in [0.1, 0.15) is 11.4 Å². The van der Waals surface area contributed by atoms with Gasteiger partial charge in [0.15, 0.2) is 5.82 Å². The van der Waals surface area contributed by atoms with Gasteiger partial charge in [0.25, 0.3) is 5.91 Å². The second-order valence-electron chi connectivity index (χ2n) is 10.6. The third kappa shape index (κ3) is 5.61. The topological polar surface area (TPSA) is 49.3 Å². The molecule has 2 aliphatic rings. The number of rotatable bonds is 6. The molecule has 0 radical (unpaired) electrons. The Labute approximate surface area is 215 Å². The van der Waals surface area contributed by atoms with Gasteiger partial charge >= 0.3 is 0 Å². The van der Waals surface area contributed by atoms with E-state index in [0.29, 0.717) is 23.3 Å². The highest BCUT2D eigenvalue weighted by molar-refractivity contribution is 5.99. The summed E-state index contributed by atoms with van der Waals surface area (Å²) < 4.78 is 0. The normalized spacial score (nSPS) is 17.2. The van der Waals surface area contributed by atoms with Gasteiger partial charge in [-0.1, -0.05) is 73.4 Å². The molecule has 2 aromatic carbocycles. The predicted molar refractivity (Wildman–Crippen MR) is 146 cm³/mol. The molecule has 1 aliphatic heterocycles. The van der Waals surface area contributed by atoms with Crippen LogP contribution in [-0.4, -0.2) is 47.0 Å². The minimum absolute atomic E-state index is 0.0547. The fourth-order valence-electron chi connectivity index (χ4n) is 5.81. The van der Waals surface area contributed by atoms with Crippen LogP contribution in [0.1, 0.15) is 66.4 Å². The van der Waals surface area contributed by atoms with Gasteiger partial charge in [0.05, 0.1) is 0 Å². The fourth-order valence-corrected chi connectivity index (χ4v) is 5.81. The average Bonchev–Trinajstić information content (AvgIpc) is 2.93. The van der Waals surface area contributed by atoms with Crippen molar-refractivity contribution in [3.63, 3.8) is 0 Å². The molecule has 2 fully saturated rings. The largest absolute Gasteiger partial charge is 0.356 e. The summed E-state index contributed by atoms with van der Waals surface area (Å²) in [5, 5.41) is 0. The molecule has 0 unspecified atom stereocenters. The van der Waals surface area contributed by atoms with Crippen LogP contribution >= 0.6 is 0 Å². The zero-order valence-electron chi connectivity index (χ0n) is 21.7. The minimum atomic E-state index is 0.0547. The number of carbonyl (C=O) groups excluding carboxylic acids is 1. The SMILES string of the molecule is Cc1cccc(-c2ncc(C(=O)N(C)C3CCCCC3)c(N3CCC(Cc4ccccc4)CC3)n2)c1. The predicted octanol–water partition coefficient (Wildman–Crippen LogP) is 6.32. The van der Waals surface area contributed by atoms with Crippen molar-refractivity contribution in [2.24, 2.45) is 5.92 Å². The van der Waals surface area contributed by atoms with E-state index < -0.39 is 0 Å². The van der Waals surface area contributed by atoms with Crippen molar-refractivity contribution in [2.75, 3.05) is 25.0 Å². The van der Waals surface area contributed by atoms with Gasteiger partial charge in [-0.3, -0.25) is 4.79 Å². The van der Waals surface area contributed by atoms with Crippen molar-refractivity contribution in [1.82, 2.24) is 14.9 Å². The Kier molecular flexibility index (Phi) is 7.64. The Morgan fingerprint density at radius 1 is 0.972 bits per heavy atom. The van der Waals surface area contributed by atoms with Crippen LogP contribution in [0.2, 0.25) is 0 Å². The first-order chi connectivity index (χ1) is 17.6. The van der Waals surface area contributed by atoms with Gasteiger partial charge in [-0.2, -0.15) is 0 Å². The molecule has 1 amide bonds. The molecule has 0 bridgehead atoms. The molecular weight excluding hydrogens is 444 g/mol. The Hall–Kier alpha value is -3.21. The molecular formula is C31H38N4O. The van der Waals surface area contributed by atoms with Gasteiger partial charge < -0.3 is 9.80 Å². The molecule has 0 spiro atoms. The number of piperidine rings is 1. The zero-order chi connectivity index (χ0) is 24.9. The number of hydrogen-bond acceptors (Lipinski definition) is 4. The minimum Gasteiger partial charge on any atom is -0.356 e. The Bertz CT molecular complexity index is 1160. The summed E-state index contributed by atoms with van der Waals surface area (Å²) in [5.41, 5.74) is 4.22. The lowest BCUT2D eigenvalue weighted by Crippen LogP contribution is -2.41. The Morgan fingerprint density at radius 2 is 1.72 bits per heavy atom. The van der Waals surface area contributed by atoms with E-state index in [9.17, 15) is 4.79 Å². The zero-order valence-corrected chi connectivity index (χ0v) is 21.7. The summed E-state index contributed by atoms with van der Waals surface area (Å²) in [4.78, 5) is 27.7. The molecule has 0 N–H and O–H groups in total. The Morgan fingerprint density at radius 3 is 2.44 bits per heavy atom. The van der Waals surface area contributed by atoms with Crippen molar-refractivity contribution >= 4 is 11.7 Å². The molecule has 188 valence electrons. The van der Waals surface area contributed by atoms with E-state index >= 15 is 0 Å². The van der Waals surface area contributed by atoms with E-state index in [2.05, 4.69) is 59.3 Å². The van der Waals surface area contributed by atoms with Crippen LogP contribution in [0.5, 0.6) is 0 Å². The van der Waals surface area contributed by atoms with E-state index in [1.54, 1.807) is 6.20 Å². The maximum Gasteiger partial charge on any atom is 0.259 e.